The lowest BCUT2D eigenvalue weighted by Crippen LogP contribution is -2.51. The van der Waals surface area contributed by atoms with Gasteiger partial charge in [0.1, 0.15) is 5.82 Å². The van der Waals surface area contributed by atoms with E-state index in [1.807, 2.05) is 0 Å². The fraction of sp³-hybridized carbons (Fsp3) is 0.455. The van der Waals surface area contributed by atoms with Crippen molar-refractivity contribution in [1.82, 2.24) is 0 Å². The van der Waals surface area contributed by atoms with Crippen LogP contribution < -0.4 is 10.2 Å². The van der Waals surface area contributed by atoms with E-state index in [1.54, 1.807) is 12.1 Å². The minimum absolute atomic E-state index is 0.178. The van der Waals surface area contributed by atoms with E-state index in [2.05, 4.69) is 10.2 Å². The van der Waals surface area contributed by atoms with Gasteiger partial charge in [-0.2, -0.15) is 0 Å². The predicted molar refractivity (Wildman–Crippen MR) is 56.8 cm³/mol. The quantitative estimate of drug-likeness (QED) is 0.698. The van der Waals surface area contributed by atoms with Gasteiger partial charge in [0.05, 0.1) is 30.6 Å². The normalized spacial score (nSPS) is 24.1. The first kappa shape index (κ1) is 8.97. The maximum absolute atomic E-state index is 13.2. The fourth-order valence-corrected chi connectivity index (χ4v) is 2.26. The standard InChI is InChI=1S/C11H13FN2O/c12-8-1-2-10-11(5-8)14-3-4-15-7-9(14)6-13-10/h1-2,5,9,13H,3-4,6-7H2. The number of nitrogens with zero attached hydrogens (tertiary/aromatic N) is 1. The van der Waals surface area contributed by atoms with E-state index in [1.165, 1.54) is 6.07 Å². The lowest BCUT2D eigenvalue weighted by Gasteiger charge is -2.42. The third kappa shape index (κ3) is 1.45. The van der Waals surface area contributed by atoms with Crippen molar-refractivity contribution in [3.8, 4) is 0 Å². The molecule has 2 aliphatic heterocycles. The average Bonchev–Trinajstić information content (AvgIpc) is 2.29. The zero-order valence-corrected chi connectivity index (χ0v) is 8.37. The molecule has 1 unspecified atom stereocenters. The van der Waals surface area contributed by atoms with Gasteiger partial charge in [-0.15, -0.1) is 0 Å². The molecule has 1 aromatic carbocycles. The number of hydrogen-bond acceptors (Lipinski definition) is 3. The summed E-state index contributed by atoms with van der Waals surface area (Å²) in [5.74, 6) is -0.178. The molecule has 0 aliphatic carbocycles. The Hall–Kier alpha value is -1.29. The molecule has 0 aromatic heterocycles. The van der Waals surface area contributed by atoms with Crippen LogP contribution >= 0.6 is 0 Å². The SMILES string of the molecule is Fc1ccc2c(c1)N1CCOCC1CN2. The summed E-state index contributed by atoms with van der Waals surface area (Å²) in [7, 11) is 0. The summed E-state index contributed by atoms with van der Waals surface area (Å²) in [6.07, 6.45) is 0. The molecule has 80 valence electrons. The molecule has 1 saturated heterocycles. The number of halogens is 1. The highest BCUT2D eigenvalue weighted by Gasteiger charge is 2.28. The summed E-state index contributed by atoms with van der Waals surface area (Å²) in [5.41, 5.74) is 1.99. The van der Waals surface area contributed by atoms with Crippen LogP contribution in [0.1, 0.15) is 0 Å². The van der Waals surface area contributed by atoms with Crippen molar-refractivity contribution in [1.29, 1.82) is 0 Å². The molecule has 2 aliphatic rings. The van der Waals surface area contributed by atoms with Crippen LogP contribution in [0.25, 0.3) is 0 Å². The smallest absolute Gasteiger partial charge is 0.125 e. The van der Waals surface area contributed by atoms with Crippen molar-refractivity contribution >= 4 is 11.4 Å². The molecule has 1 N–H and O–H groups in total. The molecule has 3 nitrogen and oxygen atoms in total. The van der Waals surface area contributed by atoms with E-state index in [9.17, 15) is 4.39 Å². The number of rotatable bonds is 0. The zero-order valence-electron chi connectivity index (χ0n) is 8.37. The van der Waals surface area contributed by atoms with Crippen molar-refractivity contribution < 1.29 is 9.13 Å². The molecule has 3 rings (SSSR count). The Kier molecular flexibility index (Phi) is 2.02. The van der Waals surface area contributed by atoms with E-state index in [0.717, 1.165) is 37.7 Å². The highest BCUT2D eigenvalue weighted by atomic mass is 19.1. The minimum atomic E-state index is -0.178. The monoisotopic (exact) mass is 208 g/mol. The number of hydrogen-bond donors (Lipinski definition) is 1. The van der Waals surface area contributed by atoms with E-state index in [0.29, 0.717) is 6.04 Å². The van der Waals surface area contributed by atoms with Gasteiger partial charge in [0.25, 0.3) is 0 Å². The Labute approximate surface area is 87.8 Å². The highest BCUT2D eigenvalue weighted by Crippen LogP contribution is 2.32. The first-order valence-electron chi connectivity index (χ1n) is 5.22. The van der Waals surface area contributed by atoms with Crippen LogP contribution in [0.15, 0.2) is 18.2 Å². The van der Waals surface area contributed by atoms with Crippen LogP contribution in [0.2, 0.25) is 0 Å². The Morgan fingerprint density at radius 2 is 2.40 bits per heavy atom. The van der Waals surface area contributed by atoms with Crippen molar-refractivity contribution in [3.63, 3.8) is 0 Å². The zero-order chi connectivity index (χ0) is 10.3. The van der Waals surface area contributed by atoms with Crippen LogP contribution in [-0.2, 0) is 4.74 Å². The van der Waals surface area contributed by atoms with E-state index >= 15 is 0 Å². The van der Waals surface area contributed by atoms with Gasteiger partial charge < -0.3 is 15.0 Å². The number of fused-ring (bicyclic) bond motifs is 3. The molecule has 0 amide bonds. The van der Waals surface area contributed by atoms with Crippen molar-refractivity contribution in [2.75, 3.05) is 36.5 Å². The third-order valence-corrected chi connectivity index (χ3v) is 3.02. The summed E-state index contributed by atoms with van der Waals surface area (Å²) in [6, 6.07) is 5.23. The number of anilines is 2. The topological polar surface area (TPSA) is 24.5 Å². The van der Waals surface area contributed by atoms with Gasteiger partial charge in [-0.1, -0.05) is 0 Å². The third-order valence-electron chi connectivity index (χ3n) is 3.02. The van der Waals surface area contributed by atoms with Gasteiger partial charge >= 0.3 is 0 Å². The van der Waals surface area contributed by atoms with Gasteiger partial charge in [0.2, 0.25) is 0 Å². The van der Waals surface area contributed by atoms with Gasteiger partial charge in [-0.05, 0) is 18.2 Å². The number of benzene rings is 1. The molecule has 1 atom stereocenters. The Morgan fingerprint density at radius 3 is 3.33 bits per heavy atom. The van der Waals surface area contributed by atoms with Crippen LogP contribution in [-0.4, -0.2) is 32.3 Å². The molecule has 15 heavy (non-hydrogen) atoms. The molecular weight excluding hydrogens is 195 g/mol. The first-order chi connectivity index (χ1) is 7.34. The lowest BCUT2D eigenvalue weighted by molar-refractivity contribution is 0.0964. The second-order valence-corrected chi connectivity index (χ2v) is 3.96. The van der Waals surface area contributed by atoms with Gasteiger partial charge in [0, 0.05) is 13.1 Å². The van der Waals surface area contributed by atoms with Gasteiger partial charge in [-0.25, -0.2) is 4.39 Å². The lowest BCUT2D eigenvalue weighted by atomic mass is 10.1. The molecule has 1 aromatic rings. The van der Waals surface area contributed by atoms with E-state index < -0.39 is 0 Å². The molecule has 0 saturated carbocycles. The number of morpholine rings is 1. The summed E-state index contributed by atoms with van der Waals surface area (Å²) in [4.78, 5) is 2.23. The fourth-order valence-electron chi connectivity index (χ4n) is 2.26. The van der Waals surface area contributed by atoms with Crippen molar-refractivity contribution in [2.24, 2.45) is 0 Å². The summed E-state index contributed by atoms with van der Waals surface area (Å²) in [5, 5.41) is 3.30. The maximum atomic E-state index is 13.2. The molecule has 2 heterocycles. The van der Waals surface area contributed by atoms with Gasteiger partial charge in [0.15, 0.2) is 0 Å². The van der Waals surface area contributed by atoms with Crippen LogP contribution in [0.4, 0.5) is 15.8 Å². The van der Waals surface area contributed by atoms with E-state index in [-0.39, 0.29) is 5.82 Å². The molecule has 0 spiro atoms. The Balaban J connectivity index is 2.01. The van der Waals surface area contributed by atoms with Crippen LogP contribution in [0.3, 0.4) is 0 Å². The van der Waals surface area contributed by atoms with Crippen LogP contribution in [0, 0.1) is 5.82 Å². The number of nitrogens with one attached hydrogen (secondary N) is 1. The summed E-state index contributed by atoms with van der Waals surface area (Å²) >= 11 is 0. The molecule has 1 fully saturated rings. The molecule has 4 heteroatoms. The van der Waals surface area contributed by atoms with E-state index in [4.69, 9.17) is 4.74 Å². The maximum Gasteiger partial charge on any atom is 0.125 e. The minimum Gasteiger partial charge on any atom is -0.381 e. The predicted octanol–water partition coefficient (Wildman–Crippen LogP) is 1.46. The average molecular weight is 208 g/mol. The Bertz CT molecular complexity index is 383. The van der Waals surface area contributed by atoms with Gasteiger partial charge in [-0.3, -0.25) is 0 Å². The van der Waals surface area contributed by atoms with Crippen molar-refractivity contribution in [2.45, 2.75) is 6.04 Å². The molecule has 0 bridgehead atoms. The second kappa shape index (κ2) is 3.38. The summed E-state index contributed by atoms with van der Waals surface area (Å²) < 4.78 is 18.6. The second-order valence-electron chi connectivity index (χ2n) is 3.96. The molecular formula is C11H13FN2O. The Morgan fingerprint density at radius 1 is 1.47 bits per heavy atom. The number of ether oxygens (including phenoxy) is 1. The van der Waals surface area contributed by atoms with Crippen LogP contribution in [0.5, 0.6) is 0 Å². The molecule has 0 radical (unpaired) electrons. The summed E-state index contributed by atoms with van der Waals surface area (Å²) in [6.45, 7) is 3.18. The highest BCUT2D eigenvalue weighted by molar-refractivity contribution is 5.73. The van der Waals surface area contributed by atoms with Crippen molar-refractivity contribution in [3.05, 3.63) is 24.0 Å². The largest absolute Gasteiger partial charge is 0.381 e. The first-order valence-corrected chi connectivity index (χ1v) is 5.22.